The van der Waals surface area contributed by atoms with Crippen molar-refractivity contribution in [3.05, 3.63) is 22.4 Å². The first-order valence-corrected chi connectivity index (χ1v) is 8.63. The van der Waals surface area contributed by atoms with Crippen LogP contribution in [0.25, 0.3) is 0 Å². The zero-order valence-electron chi connectivity index (χ0n) is 12.7. The highest BCUT2D eigenvalue weighted by molar-refractivity contribution is 9.10. The topological polar surface area (TPSA) is 55.4 Å². The molecule has 0 fully saturated rings. The Hall–Kier alpha value is -1.08. The third-order valence-electron chi connectivity index (χ3n) is 2.90. The van der Waals surface area contributed by atoms with E-state index in [2.05, 4.69) is 21.2 Å². The van der Waals surface area contributed by atoms with Crippen LogP contribution in [-0.4, -0.2) is 24.2 Å². The van der Waals surface area contributed by atoms with Crippen LogP contribution in [0.15, 0.2) is 21.5 Å². The van der Waals surface area contributed by atoms with Crippen molar-refractivity contribution >= 4 is 45.3 Å². The fraction of sp³-hybridized carbons (Fsp3) is 0.467. The van der Waals surface area contributed by atoms with E-state index in [4.69, 9.17) is 4.74 Å². The van der Waals surface area contributed by atoms with Crippen molar-refractivity contribution in [3.8, 4) is 0 Å². The lowest BCUT2D eigenvalue weighted by molar-refractivity contribution is -0.140. The summed E-state index contributed by atoms with van der Waals surface area (Å²) >= 11 is 4.58. The number of anilines is 1. The number of halogens is 2. The molecule has 1 aromatic rings. The maximum absolute atomic E-state index is 13.9. The van der Waals surface area contributed by atoms with Crippen molar-refractivity contribution in [2.45, 2.75) is 43.3 Å². The van der Waals surface area contributed by atoms with Crippen molar-refractivity contribution < 1.29 is 18.7 Å². The molecule has 0 aliphatic carbocycles. The number of hydrogen-bond donors (Lipinski definition) is 1. The zero-order chi connectivity index (χ0) is 16.7. The summed E-state index contributed by atoms with van der Waals surface area (Å²) in [5.74, 6) is -1.11. The Morgan fingerprint density at radius 3 is 2.64 bits per heavy atom. The van der Waals surface area contributed by atoms with Crippen molar-refractivity contribution in [2.75, 3.05) is 12.4 Å². The average molecular weight is 392 g/mol. The first kappa shape index (κ1) is 19.0. The fourth-order valence-electron chi connectivity index (χ4n) is 1.73. The van der Waals surface area contributed by atoms with E-state index < -0.39 is 5.82 Å². The first-order valence-electron chi connectivity index (χ1n) is 6.96. The van der Waals surface area contributed by atoms with Crippen LogP contribution < -0.4 is 5.32 Å². The van der Waals surface area contributed by atoms with Gasteiger partial charge >= 0.3 is 5.97 Å². The minimum Gasteiger partial charge on any atom is -0.468 e. The molecule has 1 rings (SSSR count). The van der Waals surface area contributed by atoms with Gasteiger partial charge in [0.15, 0.2) is 0 Å². The average Bonchev–Trinajstić information content (AvgIpc) is 2.50. The normalized spacial score (nSPS) is 11.9. The molecule has 4 nitrogen and oxygen atoms in total. The van der Waals surface area contributed by atoms with Gasteiger partial charge in [-0.25, -0.2) is 4.39 Å². The Labute approximate surface area is 142 Å². The number of carbonyl (C=O) groups is 2. The molecule has 0 spiro atoms. The molecule has 1 N–H and O–H groups in total. The van der Waals surface area contributed by atoms with Crippen LogP contribution in [0.1, 0.15) is 33.1 Å². The van der Waals surface area contributed by atoms with Crippen LogP contribution in [-0.2, 0) is 14.3 Å². The van der Waals surface area contributed by atoms with Gasteiger partial charge < -0.3 is 10.1 Å². The molecule has 0 aliphatic rings. The van der Waals surface area contributed by atoms with Crippen LogP contribution in [0.3, 0.4) is 0 Å². The summed E-state index contributed by atoms with van der Waals surface area (Å²) in [7, 11) is 1.35. The summed E-state index contributed by atoms with van der Waals surface area (Å²) in [6.45, 7) is 3.67. The molecule has 0 bridgehead atoms. The van der Waals surface area contributed by atoms with Gasteiger partial charge in [-0.3, -0.25) is 9.59 Å². The van der Waals surface area contributed by atoms with E-state index in [0.29, 0.717) is 15.8 Å². The first-order chi connectivity index (χ1) is 10.4. The minimum atomic E-state index is -0.525. The number of carbonyl (C=O) groups excluding carboxylic acids is 2. The highest BCUT2D eigenvalue weighted by atomic mass is 79.9. The lowest BCUT2D eigenvalue weighted by atomic mass is 10.2. The van der Waals surface area contributed by atoms with Crippen LogP contribution in [0.2, 0.25) is 0 Å². The molecule has 0 saturated heterocycles. The third kappa shape index (κ3) is 5.28. The molecule has 0 radical (unpaired) electrons. The van der Waals surface area contributed by atoms with Crippen LogP contribution in [0.5, 0.6) is 0 Å². The molecular formula is C15H19BrFNO3S. The highest BCUT2D eigenvalue weighted by Gasteiger charge is 2.22. The molecule has 0 aliphatic heterocycles. The van der Waals surface area contributed by atoms with Gasteiger partial charge in [0.25, 0.3) is 0 Å². The summed E-state index contributed by atoms with van der Waals surface area (Å²) < 4.78 is 19.2. The summed E-state index contributed by atoms with van der Waals surface area (Å²) in [5, 5.41) is 2.14. The number of rotatable bonds is 7. The van der Waals surface area contributed by atoms with Crippen molar-refractivity contribution in [1.82, 2.24) is 0 Å². The molecule has 1 aromatic carbocycles. The Morgan fingerprint density at radius 2 is 2.09 bits per heavy atom. The summed E-state index contributed by atoms with van der Waals surface area (Å²) in [4.78, 5) is 23.9. The van der Waals surface area contributed by atoms with E-state index in [9.17, 15) is 14.0 Å². The largest absolute Gasteiger partial charge is 0.468 e. The smallest absolute Gasteiger partial charge is 0.319 e. The monoisotopic (exact) mass is 391 g/mol. The van der Waals surface area contributed by atoms with Gasteiger partial charge in [0.05, 0.1) is 12.8 Å². The van der Waals surface area contributed by atoms with Gasteiger partial charge in [-0.05, 0) is 34.5 Å². The highest BCUT2D eigenvalue weighted by Crippen LogP contribution is 2.36. The van der Waals surface area contributed by atoms with E-state index in [1.54, 1.807) is 6.92 Å². The second-order valence-electron chi connectivity index (χ2n) is 4.58. The predicted molar refractivity (Wildman–Crippen MR) is 89.6 cm³/mol. The van der Waals surface area contributed by atoms with Gasteiger partial charge in [-0.15, -0.1) is 11.8 Å². The third-order valence-corrected chi connectivity index (χ3v) is 5.12. The van der Waals surface area contributed by atoms with E-state index in [1.807, 2.05) is 6.92 Å². The molecular weight excluding hydrogens is 373 g/mol. The van der Waals surface area contributed by atoms with E-state index >= 15 is 0 Å². The summed E-state index contributed by atoms with van der Waals surface area (Å²) in [6.07, 6.45) is 1.74. The van der Waals surface area contributed by atoms with Crippen LogP contribution >= 0.6 is 27.7 Å². The number of thioether (sulfide) groups is 1. The number of ether oxygens (including phenoxy) is 1. The lowest BCUT2D eigenvalue weighted by Crippen LogP contribution is -2.18. The number of methoxy groups -OCH3 is 1. The summed E-state index contributed by atoms with van der Waals surface area (Å²) in [6, 6.07) is 2.82. The molecule has 0 aromatic heterocycles. The maximum Gasteiger partial charge on any atom is 0.319 e. The van der Waals surface area contributed by atoms with Crippen molar-refractivity contribution in [2.24, 2.45) is 0 Å². The minimum absolute atomic E-state index is 0.109. The Morgan fingerprint density at radius 1 is 1.41 bits per heavy atom. The molecule has 0 heterocycles. The van der Waals surface area contributed by atoms with Crippen molar-refractivity contribution in [3.63, 3.8) is 0 Å². The molecule has 1 atom stereocenters. The van der Waals surface area contributed by atoms with Gasteiger partial charge in [0, 0.05) is 15.8 Å². The second kappa shape index (κ2) is 9.15. The number of esters is 1. The quantitative estimate of drug-likeness (QED) is 0.553. The predicted octanol–water partition coefficient (Wildman–Crippen LogP) is 4.37. The fourth-order valence-corrected chi connectivity index (χ4v) is 3.53. The number of amides is 1. The maximum atomic E-state index is 13.9. The van der Waals surface area contributed by atoms with E-state index in [0.717, 1.165) is 6.42 Å². The Balaban J connectivity index is 3.04. The number of hydrogen-bond acceptors (Lipinski definition) is 4. The standard InChI is InChI=1S/C15H19BrFNO3S/c1-4-6-12(15(20)21-3)22-13-8-11(18-14(19)5-2)10(17)7-9(13)16/h7-8,12H,4-6H2,1-3H3,(H,18,19). The van der Waals surface area contributed by atoms with Crippen LogP contribution in [0.4, 0.5) is 10.1 Å². The van der Waals surface area contributed by atoms with E-state index in [-0.39, 0.29) is 29.2 Å². The van der Waals surface area contributed by atoms with E-state index in [1.165, 1.54) is 31.0 Å². The Bertz CT molecular complexity index is 554. The summed E-state index contributed by atoms with van der Waals surface area (Å²) in [5.41, 5.74) is 0.109. The number of benzene rings is 1. The van der Waals surface area contributed by atoms with Gasteiger partial charge in [0.1, 0.15) is 11.1 Å². The van der Waals surface area contributed by atoms with Gasteiger partial charge in [-0.1, -0.05) is 20.3 Å². The molecule has 1 amide bonds. The van der Waals surface area contributed by atoms with Gasteiger partial charge in [-0.2, -0.15) is 0 Å². The van der Waals surface area contributed by atoms with Crippen LogP contribution in [0, 0.1) is 5.82 Å². The van der Waals surface area contributed by atoms with Crippen molar-refractivity contribution in [1.29, 1.82) is 0 Å². The number of nitrogens with one attached hydrogen (secondary N) is 1. The molecule has 1 unspecified atom stereocenters. The zero-order valence-corrected chi connectivity index (χ0v) is 15.1. The molecule has 22 heavy (non-hydrogen) atoms. The Kier molecular flexibility index (Phi) is 7.89. The van der Waals surface area contributed by atoms with Gasteiger partial charge in [0.2, 0.25) is 5.91 Å². The lowest BCUT2D eigenvalue weighted by Gasteiger charge is -2.16. The molecule has 122 valence electrons. The molecule has 7 heteroatoms. The second-order valence-corrected chi connectivity index (χ2v) is 6.68. The SMILES string of the molecule is CCCC(Sc1cc(NC(=O)CC)c(F)cc1Br)C(=O)OC. The molecule has 0 saturated carbocycles.